The Morgan fingerprint density at radius 2 is 1.62 bits per heavy atom. The lowest BCUT2D eigenvalue weighted by Gasteiger charge is -2.04. The van der Waals surface area contributed by atoms with Crippen LogP contribution in [0, 0.1) is 12.7 Å². The molecule has 0 saturated heterocycles. The lowest BCUT2D eigenvalue weighted by Crippen LogP contribution is -1.87. The molecule has 0 saturated carbocycles. The molecule has 0 spiro atoms. The van der Waals surface area contributed by atoms with Crippen molar-refractivity contribution in [2.75, 3.05) is 0 Å². The summed E-state index contributed by atoms with van der Waals surface area (Å²) in [7, 11) is 0. The number of benzene rings is 1. The van der Waals surface area contributed by atoms with E-state index >= 15 is 0 Å². The zero-order valence-electron chi connectivity index (χ0n) is 9.87. The highest BCUT2D eigenvalue weighted by atomic mass is 19.1. The van der Waals surface area contributed by atoms with Crippen LogP contribution in [0.5, 0.6) is 0 Å². The normalized spacial score (nSPS) is 9.25. The van der Waals surface area contributed by atoms with E-state index in [1.807, 2.05) is 19.9 Å². The topological polar surface area (TPSA) is 12.9 Å². The second-order valence-corrected chi connectivity index (χ2v) is 3.17. The van der Waals surface area contributed by atoms with Gasteiger partial charge in [-0.1, -0.05) is 32.0 Å². The summed E-state index contributed by atoms with van der Waals surface area (Å²) in [5.41, 5.74) is 2.16. The second-order valence-electron chi connectivity index (χ2n) is 3.17. The zero-order valence-corrected chi connectivity index (χ0v) is 9.87. The van der Waals surface area contributed by atoms with Crippen LogP contribution in [0.15, 0.2) is 42.7 Å². The fourth-order valence-corrected chi connectivity index (χ4v) is 1.40. The molecule has 1 aromatic heterocycles. The smallest absolute Gasteiger partial charge is 0.133 e. The molecule has 0 aliphatic rings. The third-order valence-electron chi connectivity index (χ3n) is 2.18. The predicted octanol–water partition coefficient (Wildman–Crippen LogP) is 4.22. The Kier molecular flexibility index (Phi) is 4.65. The SMILES string of the molecule is CC.Cc1cccc(-c2ccncc2)c1F. The van der Waals surface area contributed by atoms with Crippen LogP contribution < -0.4 is 0 Å². The van der Waals surface area contributed by atoms with Crippen molar-refractivity contribution in [3.8, 4) is 11.1 Å². The maximum Gasteiger partial charge on any atom is 0.133 e. The van der Waals surface area contributed by atoms with Crippen LogP contribution in [0.3, 0.4) is 0 Å². The van der Waals surface area contributed by atoms with Gasteiger partial charge in [-0.3, -0.25) is 4.98 Å². The van der Waals surface area contributed by atoms with E-state index in [4.69, 9.17) is 0 Å². The van der Waals surface area contributed by atoms with E-state index in [-0.39, 0.29) is 5.82 Å². The minimum absolute atomic E-state index is 0.154. The standard InChI is InChI=1S/C12H10FN.C2H6/c1-9-3-2-4-11(12(9)13)10-5-7-14-8-6-10;1-2/h2-8H,1H3;1-2H3. The molecule has 16 heavy (non-hydrogen) atoms. The van der Waals surface area contributed by atoms with E-state index in [0.717, 1.165) is 5.56 Å². The summed E-state index contributed by atoms with van der Waals surface area (Å²) in [5, 5.41) is 0. The van der Waals surface area contributed by atoms with Crippen LogP contribution >= 0.6 is 0 Å². The average Bonchev–Trinajstić information content (AvgIpc) is 2.36. The van der Waals surface area contributed by atoms with Crippen molar-refractivity contribution in [1.29, 1.82) is 0 Å². The molecule has 1 heterocycles. The van der Waals surface area contributed by atoms with Gasteiger partial charge in [0.2, 0.25) is 0 Å². The number of halogens is 1. The fraction of sp³-hybridized carbons (Fsp3) is 0.214. The number of aryl methyl sites for hydroxylation is 1. The van der Waals surface area contributed by atoms with E-state index in [2.05, 4.69) is 4.98 Å². The van der Waals surface area contributed by atoms with Gasteiger partial charge in [-0.05, 0) is 30.2 Å². The number of aromatic nitrogens is 1. The van der Waals surface area contributed by atoms with E-state index in [9.17, 15) is 4.39 Å². The highest BCUT2D eigenvalue weighted by Gasteiger charge is 2.05. The Hall–Kier alpha value is -1.70. The van der Waals surface area contributed by atoms with E-state index < -0.39 is 0 Å². The molecule has 0 amide bonds. The molecule has 2 rings (SSSR count). The Morgan fingerprint density at radius 1 is 1.00 bits per heavy atom. The van der Waals surface area contributed by atoms with Crippen LogP contribution in [0.4, 0.5) is 4.39 Å². The van der Waals surface area contributed by atoms with Crippen LogP contribution in [0.25, 0.3) is 11.1 Å². The molecular weight excluding hydrogens is 201 g/mol. The highest BCUT2D eigenvalue weighted by Crippen LogP contribution is 2.23. The molecule has 0 fully saturated rings. The Balaban J connectivity index is 0.000000606. The lowest BCUT2D eigenvalue weighted by molar-refractivity contribution is 0.622. The summed E-state index contributed by atoms with van der Waals surface area (Å²) < 4.78 is 13.7. The first kappa shape index (κ1) is 12.4. The van der Waals surface area contributed by atoms with Crippen LogP contribution in [-0.4, -0.2) is 4.98 Å². The summed E-state index contributed by atoms with van der Waals surface area (Å²) in [5.74, 6) is -0.154. The Morgan fingerprint density at radius 3 is 2.25 bits per heavy atom. The van der Waals surface area contributed by atoms with Gasteiger partial charge in [-0.15, -0.1) is 0 Å². The van der Waals surface area contributed by atoms with Crippen molar-refractivity contribution in [3.63, 3.8) is 0 Å². The summed E-state index contributed by atoms with van der Waals surface area (Å²) in [6, 6.07) is 9.00. The molecule has 84 valence electrons. The molecule has 1 nitrogen and oxygen atoms in total. The minimum atomic E-state index is -0.154. The van der Waals surface area contributed by atoms with Crippen molar-refractivity contribution in [1.82, 2.24) is 4.98 Å². The maximum absolute atomic E-state index is 13.7. The van der Waals surface area contributed by atoms with Gasteiger partial charge < -0.3 is 0 Å². The predicted molar refractivity (Wildman–Crippen MR) is 65.7 cm³/mol. The molecule has 0 radical (unpaired) electrons. The Bertz CT molecular complexity index is 438. The van der Waals surface area contributed by atoms with E-state index in [1.54, 1.807) is 43.6 Å². The van der Waals surface area contributed by atoms with Crippen LogP contribution in [0.1, 0.15) is 19.4 Å². The molecule has 1 aromatic carbocycles. The van der Waals surface area contributed by atoms with Crippen LogP contribution in [0.2, 0.25) is 0 Å². The number of pyridine rings is 1. The molecular formula is C14H16FN. The van der Waals surface area contributed by atoms with Gasteiger partial charge in [0.15, 0.2) is 0 Å². The van der Waals surface area contributed by atoms with Gasteiger partial charge in [0.05, 0.1) is 0 Å². The molecule has 0 N–H and O–H groups in total. The van der Waals surface area contributed by atoms with Gasteiger partial charge in [-0.2, -0.15) is 0 Å². The zero-order chi connectivity index (χ0) is 12.0. The molecule has 0 aliphatic carbocycles. The van der Waals surface area contributed by atoms with Gasteiger partial charge in [-0.25, -0.2) is 4.39 Å². The van der Waals surface area contributed by atoms with Gasteiger partial charge in [0.1, 0.15) is 5.82 Å². The van der Waals surface area contributed by atoms with Crippen molar-refractivity contribution in [3.05, 3.63) is 54.1 Å². The number of hydrogen-bond acceptors (Lipinski definition) is 1. The third-order valence-corrected chi connectivity index (χ3v) is 2.18. The molecule has 2 aromatic rings. The number of hydrogen-bond donors (Lipinski definition) is 0. The maximum atomic E-state index is 13.7. The first-order valence-electron chi connectivity index (χ1n) is 5.44. The monoisotopic (exact) mass is 217 g/mol. The first-order valence-corrected chi connectivity index (χ1v) is 5.44. The Labute approximate surface area is 96.0 Å². The van der Waals surface area contributed by atoms with E-state index in [0.29, 0.717) is 11.1 Å². The fourth-order valence-electron chi connectivity index (χ4n) is 1.40. The van der Waals surface area contributed by atoms with Crippen molar-refractivity contribution in [2.24, 2.45) is 0 Å². The van der Waals surface area contributed by atoms with Crippen LogP contribution in [-0.2, 0) is 0 Å². The quantitative estimate of drug-likeness (QED) is 0.696. The molecule has 2 heteroatoms. The van der Waals surface area contributed by atoms with Gasteiger partial charge >= 0.3 is 0 Å². The summed E-state index contributed by atoms with van der Waals surface area (Å²) in [6.45, 7) is 5.76. The molecule has 0 aliphatic heterocycles. The largest absolute Gasteiger partial charge is 0.265 e. The van der Waals surface area contributed by atoms with Gasteiger partial charge in [0.25, 0.3) is 0 Å². The van der Waals surface area contributed by atoms with E-state index in [1.165, 1.54) is 0 Å². The van der Waals surface area contributed by atoms with Crippen molar-refractivity contribution in [2.45, 2.75) is 20.8 Å². The number of rotatable bonds is 1. The van der Waals surface area contributed by atoms with Gasteiger partial charge in [0, 0.05) is 18.0 Å². The van der Waals surface area contributed by atoms with Crippen molar-refractivity contribution < 1.29 is 4.39 Å². The summed E-state index contributed by atoms with van der Waals surface area (Å²) >= 11 is 0. The number of nitrogens with zero attached hydrogens (tertiary/aromatic N) is 1. The summed E-state index contributed by atoms with van der Waals surface area (Å²) in [4.78, 5) is 3.90. The minimum Gasteiger partial charge on any atom is -0.265 e. The molecule has 0 atom stereocenters. The summed E-state index contributed by atoms with van der Waals surface area (Å²) in [6.07, 6.45) is 3.33. The highest BCUT2D eigenvalue weighted by molar-refractivity contribution is 5.64. The third kappa shape index (κ3) is 2.66. The second kappa shape index (κ2) is 6.01. The van der Waals surface area contributed by atoms with Crippen molar-refractivity contribution >= 4 is 0 Å². The molecule has 0 unspecified atom stereocenters. The first-order chi connectivity index (χ1) is 7.79. The average molecular weight is 217 g/mol. The molecule has 0 bridgehead atoms. The lowest BCUT2D eigenvalue weighted by atomic mass is 10.0.